The maximum atomic E-state index is 11.8. The average Bonchev–Trinajstić information content (AvgIpc) is 2.92. The van der Waals surface area contributed by atoms with Crippen LogP contribution in [0.4, 0.5) is 11.8 Å². The summed E-state index contributed by atoms with van der Waals surface area (Å²) in [6.07, 6.45) is 0.863. The van der Waals surface area contributed by atoms with Gasteiger partial charge >= 0.3 is 5.97 Å². The van der Waals surface area contributed by atoms with Gasteiger partial charge in [0.1, 0.15) is 11.6 Å². The van der Waals surface area contributed by atoms with Crippen LogP contribution in [0.2, 0.25) is 0 Å². The summed E-state index contributed by atoms with van der Waals surface area (Å²) in [4.78, 5) is 22.6. The Morgan fingerprint density at radius 2 is 2.11 bits per heavy atom. The van der Waals surface area contributed by atoms with E-state index in [1.165, 1.54) is 7.11 Å². The van der Waals surface area contributed by atoms with Gasteiger partial charge in [-0.25, -0.2) is 9.78 Å². The Kier molecular flexibility index (Phi) is 5.75. The van der Waals surface area contributed by atoms with E-state index in [1.54, 1.807) is 19.2 Å². The first-order valence-electron chi connectivity index (χ1n) is 8.75. The molecule has 0 bridgehead atoms. The molecule has 1 fully saturated rings. The average molecular weight is 372 g/mol. The van der Waals surface area contributed by atoms with Crippen molar-refractivity contribution < 1.29 is 19.0 Å². The molecular weight excluding hydrogens is 348 g/mol. The van der Waals surface area contributed by atoms with Gasteiger partial charge in [-0.1, -0.05) is 6.07 Å². The van der Waals surface area contributed by atoms with Crippen LogP contribution < -0.4 is 15.4 Å². The molecule has 8 heteroatoms. The quantitative estimate of drug-likeness (QED) is 0.815. The number of benzene rings is 1. The summed E-state index contributed by atoms with van der Waals surface area (Å²) in [5.74, 6) is 1.17. The smallest absolute Gasteiger partial charge is 0.337 e. The summed E-state index contributed by atoms with van der Waals surface area (Å²) in [5, 5.41) is 0. The summed E-state index contributed by atoms with van der Waals surface area (Å²) >= 11 is 0. The molecule has 1 unspecified atom stereocenters. The van der Waals surface area contributed by atoms with Gasteiger partial charge in [-0.15, -0.1) is 0 Å². The third-order valence-electron chi connectivity index (χ3n) is 4.51. The number of carbonyl (C=O) groups excluding carboxylic acids is 1. The Hall–Kier alpha value is -2.87. The van der Waals surface area contributed by atoms with Gasteiger partial charge < -0.3 is 24.8 Å². The minimum Gasteiger partial charge on any atom is -0.496 e. The Bertz CT molecular complexity index is 807. The molecule has 0 radical (unpaired) electrons. The number of aryl methyl sites for hydroxylation is 1. The third kappa shape index (κ3) is 4.11. The van der Waals surface area contributed by atoms with Gasteiger partial charge in [0.25, 0.3) is 0 Å². The number of carbonyl (C=O) groups is 1. The number of nitrogens with zero attached hydrogens (tertiary/aromatic N) is 3. The van der Waals surface area contributed by atoms with E-state index in [4.69, 9.17) is 19.9 Å². The molecule has 1 saturated heterocycles. The van der Waals surface area contributed by atoms with Crippen molar-refractivity contribution in [3.05, 3.63) is 41.1 Å². The highest BCUT2D eigenvalue weighted by molar-refractivity contribution is 5.90. The predicted molar refractivity (Wildman–Crippen MR) is 101 cm³/mol. The summed E-state index contributed by atoms with van der Waals surface area (Å²) < 4.78 is 16.2. The molecule has 3 rings (SSSR count). The zero-order valence-corrected chi connectivity index (χ0v) is 15.8. The first-order chi connectivity index (χ1) is 13.0. The summed E-state index contributed by atoms with van der Waals surface area (Å²) in [6.45, 7) is 3.77. The van der Waals surface area contributed by atoms with Gasteiger partial charge in [0, 0.05) is 30.5 Å². The van der Waals surface area contributed by atoms with E-state index in [9.17, 15) is 4.79 Å². The first-order valence-corrected chi connectivity index (χ1v) is 8.75. The molecule has 1 atom stereocenters. The Morgan fingerprint density at radius 3 is 2.81 bits per heavy atom. The minimum absolute atomic E-state index is 0.136. The second kappa shape index (κ2) is 8.22. The molecule has 144 valence electrons. The fourth-order valence-electron chi connectivity index (χ4n) is 3.26. The number of esters is 1. The van der Waals surface area contributed by atoms with Crippen molar-refractivity contribution >= 4 is 17.7 Å². The summed E-state index contributed by atoms with van der Waals surface area (Å²) in [7, 11) is 2.93. The Balaban J connectivity index is 2.04. The second-order valence-electron chi connectivity index (χ2n) is 6.31. The van der Waals surface area contributed by atoms with E-state index < -0.39 is 5.97 Å². The lowest BCUT2D eigenvalue weighted by Gasteiger charge is -2.32. The monoisotopic (exact) mass is 372 g/mol. The van der Waals surface area contributed by atoms with Crippen molar-refractivity contribution in [3.63, 3.8) is 0 Å². The standard InChI is InChI=1S/C19H24N4O4/c1-12-9-17(22-19(20)21-12)23-7-4-8-27-11-15(23)14-6-5-13(18(24)26-3)10-16(14)25-2/h5-6,9-10,15H,4,7-8,11H2,1-3H3,(H2,20,21,22). The van der Waals surface area contributed by atoms with Crippen LogP contribution in [0.1, 0.15) is 34.1 Å². The molecule has 1 aromatic carbocycles. The predicted octanol–water partition coefficient (Wildman–Crippen LogP) is 2.13. The Morgan fingerprint density at radius 1 is 1.30 bits per heavy atom. The van der Waals surface area contributed by atoms with Crippen LogP contribution in [0.25, 0.3) is 0 Å². The topological polar surface area (TPSA) is 99.8 Å². The molecule has 27 heavy (non-hydrogen) atoms. The van der Waals surface area contributed by atoms with Crippen molar-refractivity contribution in [1.29, 1.82) is 0 Å². The molecule has 1 aliphatic heterocycles. The number of ether oxygens (including phenoxy) is 3. The van der Waals surface area contributed by atoms with Crippen LogP contribution in [0.5, 0.6) is 5.75 Å². The highest BCUT2D eigenvalue weighted by Gasteiger charge is 2.28. The number of nitrogens with two attached hydrogens (primary N) is 1. The van der Waals surface area contributed by atoms with Gasteiger partial charge in [0.15, 0.2) is 0 Å². The molecule has 0 saturated carbocycles. The fourth-order valence-corrected chi connectivity index (χ4v) is 3.26. The minimum atomic E-state index is -0.409. The molecule has 0 spiro atoms. The summed E-state index contributed by atoms with van der Waals surface area (Å²) in [5.41, 5.74) is 7.99. The largest absolute Gasteiger partial charge is 0.496 e. The molecule has 0 aliphatic carbocycles. The van der Waals surface area contributed by atoms with Crippen molar-refractivity contribution in [3.8, 4) is 5.75 Å². The number of hydrogen-bond donors (Lipinski definition) is 1. The fraction of sp³-hybridized carbons (Fsp3) is 0.421. The maximum absolute atomic E-state index is 11.8. The summed E-state index contributed by atoms with van der Waals surface area (Å²) in [6, 6.07) is 7.05. The van der Waals surface area contributed by atoms with Crippen molar-refractivity contribution in [1.82, 2.24) is 9.97 Å². The molecule has 0 amide bonds. The van der Waals surface area contributed by atoms with E-state index >= 15 is 0 Å². The van der Waals surface area contributed by atoms with Crippen LogP contribution in [0.15, 0.2) is 24.3 Å². The number of anilines is 2. The Labute approximate surface area is 158 Å². The second-order valence-corrected chi connectivity index (χ2v) is 6.31. The van der Waals surface area contributed by atoms with Crippen molar-refractivity contribution in [2.75, 3.05) is 44.6 Å². The van der Waals surface area contributed by atoms with E-state index in [-0.39, 0.29) is 12.0 Å². The molecule has 1 aromatic heterocycles. The molecule has 2 aromatic rings. The number of aromatic nitrogens is 2. The molecule has 2 N–H and O–H groups in total. The number of rotatable bonds is 4. The van der Waals surface area contributed by atoms with Crippen LogP contribution in [0, 0.1) is 6.92 Å². The lowest BCUT2D eigenvalue weighted by atomic mass is 10.0. The normalized spacial score (nSPS) is 17.3. The van der Waals surface area contributed by atoms with Gasteiger partial charge in [-0.2, -0.15) is 4.98 Å². The van der Waals surface area contributed by atoms with E-state index in [2.05, 4.69) is 14.9 Å². The first kappa shape index (κ1) is 18.9. The van der Waals surface area contributed by atoms with Crippen LogP contribution >= 0.6 is 0 Å². The number of hydrogen-bond acceptors (Lipinski definition) is 8. The lowest BCUT2D eigenvalue weighted by Crippen LogP contribution is -2.32. The van der Waals surface area contributed by atoms with E-state index in [1.807, 2.05) is 19.1 Å². The molecule has 2 heterocycles. The van der Waals surface area contributed by atoms with Crippen molar-refractivity contribution in [2.45, 2.75) is 19.4 Å². The zero-order valence-electron chi connectivity index (χ0n) is 15.8. The van der Waals surface area contributed by atoms with Crippen LogP contribution in [0.3, 0.4) is 0 Å². The van der Waals surface area contributed by atoms with Crippen LogP contribution in [-0.4, -0.2) is 49.9 Å². The van der Waals surface area contributed by atoms with Crippen LogP contribution in [-0.2, 0) is 9.47 Å². The van der Waals surface area contributed by atoms with Gasteiger partial charge in [-0.3, -0.25) is 0 Å². The van der Waals surface area contributed by atoms with E-state index in [0.29, 0.717) is 24.5 Å². The van der Waals surface area contributed by atoms with Crippen molar-refractivity contribution in [2.24, 2.45) is 0 Å². The SMILES string of the molecule is COC(=O)c1ccc(C2COCCCN2c2cc(C)nc(N)n2)c(OC)c1. The number of nitrogen functional groups attached to an aromatic ring is 1. The van der Waals surface area contributed by atoms with Gasteiger partial charge in [0.05, 0.1) is 32.4 Å². The molecular formula is C19H24N4O4. The lowest BCUT2D eigenvalue weighted by molar-refractivity contribution is 0.0600. The molecule has 8 nitrogen and oxygen atoms in total. The third-order valence-corrected chi connectivity index (χ3v) is 4.51. The zero-order chi connectivity index (χ0) is 19.4. The maximum Gasteiger partial charge on any atom is 0.337 e. The highest BCUT2D eigenvalue weighted by atomic mass is 16.5. The molecule has 1 aliphatic rings. The van der Waals surface area contributed by atoms with Gasteiger partial charge in [-0.05, 0) is 25.5 Å². The van der Waals surface area contributed by atoms with Gasteiger partial charge in [0.2, 0.25) is 5.95 Å². The van der Waals surface area contributed by atoms with E-state index in [0.717, 1.165) is 30.0 Å². The highest BCUT2D eigenvalue weighted by Crippen LogP contribution is 2.35. The number of methoxy groups -OCH3 is 2.